The third kappa shape index (κ3) is 8.10. The minimum absolute atomic E-state index is 0. The van der Waals surface area contributed by atoms with Gasteiger partial charge in [-0.1, -0.05) is 13.8 Å². The van der Waals surface area contributed by atoms with Gasteiger partial charge in [0, 0.05) is 52.5 Å². The first kappa shape index (κ1) is 25.6. The summed E-state index contributed by atoms with van der Waals surface area (Å²) in [6.07, 6.45) is 4.66. The molecule has 2 aliphatic rings. The zero-order valence-corrected chi connectivity index (χ0v) is 21.3. The Morgan fingerprint density at radius 2 is 1.90 bits per heavy atom. The van der Waals surface area contributed by atoms with Gasteiger partial charge in [-0.25, -0.2) is 0 Å². The van der Waals surface area contributed by atoms with E-state index >= 15 is 0 Å². The Hall–Kier alpha value is -1.62. The lowest BCUT2D eigenvalue weighted by Crippen LogP contribution is -2.55. The van der Waals surface area contributed by atoms with Crippen LogP contribution in [-0.2, 0) is 4.79 Å². The number of nitrogens with one attached hydrogen (secondary N) is 1. The third-order valence-electron chi connectivity index (χ3n) is 5.75. The van der Waals surface area contributed by atoms with Gasteiger partial charge in [0.1, 0.15) is 12.4 Å². The first-order chi connectivity index (χ1) is 14.5. The lowest BCUT2D eigenvalue weighted by Gasteiger charge is -2.39. The molecule has 2 saturated heterocycles. The summed E-state index contributed by atoms with van der Waals surface area (Å²) in [5, 5.41) is 3.36. The van der Waals surface area contributed by atoms with E-state index in [4.69, 9.17) is 4.74 Å². The average Bonchev–Trinajstić information content (AvgIpc) is 2.74. The van der Waals surface area contributed by atoms with Crippen LogP contribution in [0.15, 0.2) is 29.5 Å². The summed E-state index contributed by atoms with van der Waals surface area (Å²) in [6.45, 7) is 11.5. The molecule has 8 nitrogen and oxygen atoms in total. The number of ether oxygens (including phenoxy) is 1. The van der Waals surface area contributed by atoms with Crippen LogP contribution in [0.25, 0.3) is 0 Å². The van der Waals surface area contributed by atoms with Gasteiger partial charge in [-0.05, 0) is 30.4 Å². The fourth-order valence-corrected chi connectivity index (χ4v) is 4.37. The number of hydrogen-bond acceptors (Lipinski definition) is 5. The molecule has 3 rings (SSSR count). The van der Waals surface area contributed by atoms with Crippen molar-refractivity contribution in [2.45, 2.75) is 20.3 Å². The van der Waals surface area contributed by atoms with Crippen molar-refractivity contribution < 1.29 is 9.53 Å². The summed E-state index contributed by atoms with van der Waals surface area (Å²) < 4.78 is 5.67. The molecule has 31 heavy (non-hydrogen) atoms. The molecule has 2 fully saturated rings. The molecule has 174 valence electrons. The van der Waals surface area contributed by atoms with Crippen LogP contribution < -0.4 is 10.1 Å². The van der Waals surface area contributed by atoms with Crippen molar-refractivity contribution in [3.8, 4) is 5.75 Å². The number of aliphatic imine (C=N–C) groups is 1. The van der Waals surface area contributed by atoms with Gasteiger partial charge in [0.05, 0.1) is 19.3 Å². The van der Waals surface area contributed by atoms with Crippen LogP contribution in [0.5, 0.6) is 5.75 Å². The highest BCUT2D eigenvalue weighted by Crippen LogP contribution is 2.21. The SMILES string of the molecule is CN=C(NCCOc1cccnc1)N1CCN(CC(=O)N2CC(C)CC(C)C2)CC1.I. The summed E-state index contributed by atoms with van der Waals surface area (Å²) in [4.78, 5) is 27.8. The molecule has 2 aliphatic heterocycles. The topological polar surface area (TPSA) is 73.3 Å². The van der Waals surface area contributed by atoms with Crippen molar-refractivity contribution in [2.75, 3.05) is 66.0 Å². The van der Waals surface area contributed by atoms with Crippen molar-refractivity contribution in [1.82, 2.24) is 25.0 Å². The van der Waals surface area contributed by atoms with E-state index in [1.54, 1.807) is 19.4 Å². The largest absolute Gasteiger partial charge is 0.490 e. The molecule has 0 bridgehead atoms. The van der Waals surface area contributed by atoms with Crippen LogP contribution >= 0.6 is 24.0 Å². The second kappa shape index (κ2) is 13.0. The normalized spacial score (nSPS) is 22.6. The van der Waals surface area contributed by atoms with Crippen LogP contribution in [0.3, 0.4) is 0 Å². The Morgan fingerprint density at radius 3 is 2.52 bits per heavy atom. The number of halogens is 1. The van der Waals surface area contributed by atoms with Crippen LogP contribution in [0.1, 0.15) is 20.3 Å². The van der Waals surface area contributed by atoms with Gasteiger partial charge < -0.3 is 19.9 Å². The highest BCUT2D eigenvalue weighted by molar-refractivity contribution is 14.0. The Kier molecular flexibility index (Phi) is 10.8. The highest BCUT2D eigenvalue weighted by Gasteiger charge is 2.27. The number of amides is 1. The van der Waals surface area contributed by atoms with Crippen LogP contribution in [0.2, 0.25) is 0 Å². The van der Waals surface area contributed by atoms with E-state index in [9.17, 15) is 4.79 Å². The van der Waals surface area contributed by atoms with E-state index in [1.807, 2.05) is 12.1 Å². The van der Waals surface area contributed by atoms with Gasteiger partial charge in [0.15, 0.2) is 5.96 Å². The van der Waals surface area contributed by atoms with E-state index in [2.05, 4.69) is 43.8 Å². The molecule has 0 radical (unpaired) electrons. The summed E-state index contributed by atoms with van der Waals surface area (Å²) >= 11 is 0. The summed E-state index contributed by atoms with van der Waals surface area (Å²) in [5.74, 6) is 3.13. The van der Waals surface area contributed by atoms with Crippen molar-refractivity contribution in [3.05, 3.63) is 24.5 Å². The number of carbonyl (C=O) groups excluding carboxylic acids is 1. The van der Waals surface area contributed by atoms with Crippen LogP contribution in [0.4, 0.5) is 0 Å². The molecular formula is C22H37IN6O2. The van der Waals surface area contributed by atoms with E-state index in [-0.39, 0.29) is 29.9 Å². The number of hydrogen-bond donors (Lipinski definition) is 1. The lowest BCUT2D eigenvalue weighted by molar-refractivity contribution is -0.135. The quantitative estimate of drug-likeness (QED) is 0.255. The molecule has 1 amide bonds. The molecule has 0 saturated carbocycles. The minimum Gasteiger partial charge on any atom is -0.490 e. The molecule has 0 aliphatic carbocycles. The van der Waals surface area contributed by atoms with Crippen molar-refractivity contribution in [3.63, 3.8) is 0 Å². The fraction of sp³-hybridized carbons (Fsp3) is 0.682. The predicted molar refractivity (Wildman–Crippen MR) is 134 cm³/mol. The lowest BCUT2D eigenvalue weighted by atomic mass is 9.92. The molecule has 3 heterocycles. The molecular weight excluding hydrogens is 507 g/mol. The predicted octanol–water partition coefficient (Wildman–Crippen LogP) is 1.78. The number of guanidine groups is 1. The second-order valence-electron chi connectivity index (χ2n) is 8.52. The zero-order valence-electron chi connectivity index (χ0n) is 19.0. The maximum absolute atomic E-state index is 12.7. The fourth-order valence-electron chi connectivity index (χ4n) is 4.37. The number of aromatic nitrogens is 1. The van der Waals surface area contributed by atoms with Gasteiger partial charge in [-0.2, -0.15) is 0 Å². The van der Waals surface area contributed by atoms with Crippen molar-refractivity contribution >= 4 is 35.8 Å². The summed E-state index contributed by atoms with van der Waals surface area (Å²) in [7, 11) is 1.80. The summed E-state index contributed by atoms with van der Waals surface area (Å²) in [5.41, 5.74) is 0. The number of likely N-dealkylation sites (tertiary alicyclic amines) is 1. The Labute approximate surface area is 203 Å². The number of piperidine rings is 1. The van der Waals surface area contributed by atoms with Gasteiger partial charge in [-0.15, -0.1) is 24.0 Å². The standard InChI is InChI=1S/C22H36N6O2.HI/c1-18-13-19(2)16-28(15-18)21(29)17-26-8-10-27(11-9-26)22(23-3)25-7-12-30-20-5-4-6-24-14-20;/h4-6,14,18-19H,7-13,15-17H2,1-3H3,(H,23,25);1H. The van der Waals surface area contributed by atoms with Crippen molar-refractivity contribution in [1.29, 1.82) is 0 Å². The Balaban J connectivity index is 0.00000341. The smallest absolute Gasteiger partial charge is 0.236 e. The average molecular weight is 544 g/mol. The van der Waals surface area contributed by atoms with Crippen molar-refractivity contribution in [2.24, 2.45) is 16.8 Å². The third-order valence-corrected chi connectivity index (χ3v) is 5.75. The number of rotatable bonds is 6. The number of pyridine rings is 1. The maximum Gasteiger partial charge on any atom is 0.236 e. The molecule has 0 spiro atoms. The maximum atomic E-state index is 12.7. The van der Waals surface area contributed by atoms with Crippen LogP contribution in [0, 0.1) is 11.8 Å². The minimum atomic E-state index is 0. The molecule has 2 unspecified atom stereocenters. The van der Waals surface area contributed by atoms with E-state index in [1.165, 1.54) is 6.42 Å². The molecule has 2 atom stereocenters. The first-order valence-corrected chi connectivity index (χ1v) is 11.0. The number of carbonyl (C=O) groups is 1. The first-order valence-electron chi connectivity index (χ1n) is 11.0. The van der Waals surface area contributed by atoms with Gasteiger partial charge >= 0.3 is 0 Å². The number of piperazine rings is 1. The molecule has 9 heteroatoms. The number of nitrogens with zero attached hydrogens (tertiary/aromatic N) is 5. The second-order valence-corrected chi connectivity index (χ2v) is 8.52. The monoisotopic (exact) mass is 544 g/mol. The van der Waals surface area contributed by atoms with Gasteiger partial charge in [-0.3, -0.25) is 19.7 Å². The van der Waals surface area contributed by atoms with E-state index in [0.29, 0.717) is 31.5 Å². The Bertz CT molecular complexity index is 687. The van der Waals surface area contributed by atoms with Gasteiger partial charge in [0.2, 0.25) is 5.91 Å². The highest BCUT2D eigenvalue weighted by atomic mass is 127. The van der Waals surface area contributed by atoms with Gasteiger partial charge in [0.25, 0.3) is 0 Å². The van der Waals surface area contributed by atoms with Crippen LogP contribution in [-0.4, -0.2) is 97.6 Å². The van der Waals surface area contributed by atoms with E-state index in [0.717, 1.165) is 51.0 Å². The summed E-state index contributed by atoms with van der Waals surface area (Å²) in [6, 6.07) is 3.76. The van der Waals surface area contributed by atoms with E-state index < -0.39 is 0 Å². The molecule has 0 aromatic carbocycles. The Morgan fingerprint density at radius 1 is 1.19 bits per heavy atom. The molecule has 1 aromatic heterocycles. The molecule has 1 aromatic rings. The zero-order chi connectivity index (χ0) is 21.3. The molecule has 1 N–H and O–H groups in total.